The third-order valence-electron chi connectivity index (χ3n) is 2.24. The highest BCUT2D eigenvalue weighted by molar-refractivity contribution is 7.94. The first kappa shape index (κ1) is 22.2. The van der Waals surface area contributed by atoms with E-state index in [0.717, 1.165) is 11.6 Å². The molecule has 0 aliphatic carbocycles. The number of alkyl halides is 7. The summed E-state index contributed by atoms with van der Waals surface area (Å²) in [7, 11) is -11.3. The van der Waals surface area contributed by atoms with Gasteiger partial charge in [-0.15, -0.1) is 17.6 Å². The van der Waals surface area contributed by atoms with E-state index in [1.165, 1.54) is 0 Å². The lowest BCUT2D eigenvalue weighted by atomic mass is 10.5. The molecule has 0 amide bonds. The van der Waals surface area contributed by atoms with E-state index in [1.807, 2.05) is 0 Å². The van der Waals surface area contributed by atoms with Gasteiger partial charge in [-0.3, -0.25) is 0 Å². The predicted octanol–water partition coefficient (Wildman–Crippen LogP) is 1.59. The van der Waals surface area contributed by atoms with Crippen molar-refractivity contribution in [2.75, 3.05) is 11.6 Å². The zero-order chi connectivity index (χ0) is 19.1. The molecule has 0 aromatic rings. The number of sulfone groups is 1. The highest BCUT2D eigenvalue weighted by Gasteiger charge is 2.90. The van der Waals surface area contributed by atoms with Crippen LogP contribution in [0.15, 0.2) is 0 Å². The van der Waals surface area contributed by atoms with Gasteiger partial charge in [-0.2, -0.15) is 17.9 Å². The zero-order valence-electron chi connectivity index (χ0n) is 10.7. The summed E-state index contributed by atoms with van der Waals surface area (Å²) in [4.78, 5) is -6.58. The Hall–Kier alpha value is -0.810. The third-order valence-corrected chi connectivity index (χ3v) is 5.27. The average molecular weight is 407 g/mol. The molecule has 0 bridgehead atoms. The standard InChI is InChI=1S/C6H8F9N2O4S2/c1-2-23(20,21)16-3-22(18,19)6(12,13)17(14,15)5(10,11)4(7,8)9/h16H,2-3H2,1H3/q+1. The monoisotopic (exact) mass is 407 g/mol. The van der Waals surface area contributed by atoms with E-state index in [-0.39, 0.29) is 0 Å². The van der Waals surface area contributed by atoms with E-state index < -0.39 is 54.0 Å². The minimum absolute atomic E-state index is 0.852. The van der Waals surface area contributed by atoms with E-state index in [2.05, 4.69) is 0 Å². The molecule has 0 aromatic carbocycles. The summed E-state index contributed by atoms with van der Waals surface area (Å²) in [5.41, 5.74) is 0. The molecule has 0 heterocycles. The topological polar surface area (TPSA) is 80.3 Å². The molecule has 0 spiro atoms. The van der Waals surface area contributed by atoms with Crippen molar-refractivity contribution >= 4 is 19.9 Å². The lowest BCUT2D eigenvalue weighted by Crippen LogP contribution is -2.67. The molecule has 0 fully saturated rings. The van der Waals surface area contributed by atoms with Crippen LogP contribution in [0.2, 0.25) is 0 Å². The van der Waals surface area contributed by atoms with E-state index in [0.29, 0.717) is 0 Å². The number of hydrogen-bond acceptors (Lipinski definition) is 4. The van der Waals surface area contributed by atoms with Crippen molar-refractivity contribution in [2.45, 2.75) is 24.5 Å². The molecular formula is C6H8F9N2O4S2+. The Bertz CT molecular complexity index is 639. The van der Waals surface area contributed by atoms with Gasteiger partial charge in [0.05, 0.1) is 14.7 Å². The fraction of sp³-hybridized carbons (Fsp3) is 1.00. The van der Waals surface area contributed by atoms with Crippen molar-refractivity contribution in [3.8, 4) is 0 Å². The van der Waals surface area contributed by atoms with Gasteiger partial charge in [0.15, 0.2) is 0 Å². The number of hydrogen-bond donors (Lipinski definition) is 1. The largest absolute Gasteiger partial charge is 0.577 e. The number of rotatable bonds is 7. The normalized spacial score (nSPS) is 15.7. The molecule has 0 radical (unpaired) electrons. The molecule has 0 rings (SSSR count). The lowest BCUT2D eigenvalue weighted by Gasteiger charge is -2.28. The Morgan fingerprint density at radius 1 is 0.913 bits per heavy atom. The third kappa shape index (κ3) is 3.82. The van der Waals surface area contributed by atoms with E-state index in [4.69, 9.17) is 0 Å². The summed E-state index contributed by atoms with van der Waals surface area (Å²) in [5, 5.41) is -6.97. The summed E-state index contributed by atoms with van der Waals surface area (Å²) >= 11 is 0. The van der Waals surface area contributed by atoms with Crippen molar-refractivity contribution in [1.29, 1.82) is 0 Å². The molecule has 0 aliphatic heterocycles. The molecule has 0 aliphatic rings. The number of quaternary nitrogens is 1. The van der Waals surface area contributed by atoms with Crippen LogP contribution in [0, 0.1) is 0 Å². The first-order valence-electron chi connectivity index (χ1n) is 5.07. The first-order chi connectivity index (χ1) is 9.77. The quantitative estimate of drug-likeness (QED) is 0.395. The van der Waals surface area contributed by atoms with Crippen molar-refractivity contribution < 1.29 is 61.5 Å². The molecule has 17 heteroatoms. The van der Waals surface area contributed by atoms with Gasteiger partial charge < -0.3 is 0 Å². The van der Waals surface area contributed by atoms with E-state index >= 15 is 0 Å². The molecule has 1 N–H and O–H groups in total. The van der Waals surface area contributed by atoms with Crippen LogP contribution in [-0.2, 0) is 19.9 Å². The van der Waals surface area contributed by atoms with Crippen LogP contribution in [0.1, 0.15) is 6.92 Å². The summed E-state index contributed by atoms with van der Waals surface area (Å²) in [6, 6.07) is -7.45. The predicted molar refractivity (Wildman–Crippen MR) is 54.8 cm³/mol. The Labute approximate surface area is 123 Å². The Kier molecular flexibility index (Phi) is 5.71. The Morgan fingerprint density at radius 2 is 1.30 bits per heavy atom. The Morgan fingerprint density at radius 3 is 1.61 bits per heavy atom. The molecule has 140 valence electrons. The van der Waals surface area contributed by atoms with Gasteiger partial charge in [0, 0.05) is 0 Å². The van der Waals surface area contributed by atoms with Crippen LogP contribution in [-0.4, -0.2) is 51.0 Å². The van der Waals surface area contributed by atoms with Crippen LogP contribution in [0.4, 0.5) is 39.7 Å². The first-order valence-corrected chi connectivity index (χ1v) is 8.38. The maximum Gasteiger partial charge on any atom is 0.577 e. The summed E-state index contributed by atoms with van der Waals surface area (Å²) < 4.78 is 157. The second-order valence-electron chi connectivity index (χ2n) is 3.85. The van der Waals surface area contributed by atoms with Crippen LogP contribution < -0.4 is 4.72 Å². The van der Waals surface area contributed by atoms with Crippen LogP contribution >= 0.6 is 0 Å². The van der Waals surface area contributed by atoms with E-state index in [9.17, 15) is 56.5 Å². The highest BCUT2D eigenvalue weighted by atomic mass is 32.2. The number of halogens is 9. The number of nitrogens with one attached hydrogen (secondary N) is 1. The molecular weight excluding hydrogens is 399 g/mol. The van der Waals surface area contributed by atoms with Gasteiger partial charge >= 0.3 is 17.6 Å². The van der Waals surface area contributed by atoms with E-state index in [1.54, 1.807) is 0 Å². The second-order valence-corrected chi connectivity index (χ2v) is 7.95. The average Bonchev–Trinajstić information content (AvgIpc) is 2.34. The molecule has 0 atom stereocenters. The van der Waals surface area contributed by atoms with Gasteiger partial charge in [0.2, 0.25) is 15.0 Å². The second kappa shape index (κ2) is 5.92. The summed E-state index contributed by atoms with van der Waals surface area (Å²) in [5.74, 6) is -3.42. The van der Waals surface area contributed by atoms with Crippen LogP contribution in [0.3, 0.4) is 0 Å². The molecule has 0 saturated carbocycles. The van der Waals surface area contributed by atoms with Crippen molar-refractivity contribution in [3.05, 3.63) is 0 Å². The molecule has 23 heavy (non-hydrogen) atoms. The minimum Gasteiger partial charge on any atom is -0.214 e. The van der Waals surface area contributed by atoms with Gasteiger partial charge in [-0.05, 0) is 6.92 Å². The fourth-order valence-corrected chi connectivity index (χ4v) is 3.03. The van der Waals surface area contributed by atoms with Crippen molar-refractivity contribution in [2.24, 2.45) is 0 Å². The number of sulfonamides is 1. The molecule has 0 saturated heterocycles. The summed E-state index contributed by atoms with van der Waals surface area (Å²) in [6.45, 7) is 0.871. The smallest absolute Gasteiger partial charge is 0.214 e. The fourth-order valence-electron chi connectivity index (χ4n) is 0.854. The highest BCUT2D eigenvalue weighted by Crippen LogP contribution is 2.52. The van der Waals surface area contributed by atoms with Gasteiger partial charge in [-0.25, -0.2) is 16.8 Å². The molecule has 0 unspecified atom stereocenters. The van der Waals surface area contributed by atoms with Gasteiger partial charge in [0.25, 0.3) is 9.84 Å². The number of nitrogens with zero attached hydrogens (tertiary/aromatic N) is 1. The zero-order valence-corrected chi connectivity index (χ0v) is 12.3. The van der Waals surface area contributed by atoms with Gasteiger partial charge in [-0.1, -0.05) is 0 Å². The molecule has 0 aromatic heterocycles. The summed E-state index contributed by atoms with van der Waals surface area (Å²) in [6.07, 6.45) is -7.21. The lowest BCUT2D eigenvalue weighted by molar-refractivity contribution is -1.27. The van der Waals surface area contributed by atoms with Crippen LogP contribution in [0.5, 0.6) is 0 Å². The van der Waals surface area contributed by atoms with Crippen LogP contribution in [0.25, 0.3) is 0 Å². The Balaban J connectivity index is 5.87. The van der Waals surface area contributed by atoms with Crippen molar-refractivity contribution in [1.82, 2.24) is 4.72 Å². The minimum atomic E-state index is -7.45. The SMILES string of the molecule is CCS(=O)(=O)NCS(=O)(=O)C(F)(F)[N+](F)(F)C(F)(F)C(F)(F)F. The molecule has 6 nitrogen and oxygen atoms in total. The maximum absolute atomic E-state index is 13.1. The van der Waals surface area contributed by atoms with Gasteiger partial charge in [0.1, 0.15) is 5.88 Å². The maximum atomic E-state index is 13.1. The van der Waals surface area contributed by atoms with Crippen molar-refractivity contribution in [3.63, 3.8) is 0 Å².